The van der Waals surface area contributed by atoms with Crippen molar-refractivity contribution in [2.24, 2.45) is 11.5 Å². The van der Waals surface area contributed by atoms with E-state index in [2.05, 4.69) is 38.5 Å². The number of amides is 3. The largest absolute Gasteiger partial charge is 0.508 e. The summed E-state index contributed by atoms with van der Waals surface area (Å²) < 4.78 is 0. The van der Waals surface area contributed by atoms with E-state index in [0.29, 0.717) is 30.6 Å². The van der Waals surface area contributed by atoms with Gasteiger partial charge < -0.3 is 42.6 Å². The first-order valence-electron chi connectivity index (χ1n) is 12.1. The molecule has 1 aromatic heterocycles. The molecule has 0 saturated heterocycles. The number of nitrogens with zero attached hydrogens (tertiary/aromatic N) is 1. The molecule has 2 aromatic rings. The summed E-state index contributed by atoms with van der Waals surface area (Å²) in [5, 5.41) is 26.4. The van der Waals surface area contributed by atoms with Crippen molar-refractivity contribution in [1.29, 1.82) is 0 Å². The molecule has 2 rings (SSSR count). The van der Waals surface area contributed by atoms with Crippen LogP contribution in [0.5, 0.6) is 5.75 Å². The van der Waals surface area contributed by atoms with Crippen LogP contribution < -0.4 is 27.4 Å². The molecule has 0 aliphatic heterocycles. The van der Waals surface area contributed by atoms with Gasteiger partial charge in [0.1, 0.15) is 23.9 Å². The van der Waals surface area contributed by atoms with Crippen LogP contribution >= 0.6 is 12.6 Å². The van der Waals surface area contributed by atoms with E-state index in [-0.39, 0.29) is 30.8 Å². The maximum absolute atomic E-state index is 13.2. The number of phenolic OH excluding ortho intramolecular Hbond substituents is 1. The fourth-order valence-electron chi connectivity index (χ4n) is 3.57. The number of imidazole rings is 1. The average Bonchev–Trinajstić information content (AvgIpc) is 3.40. The number of carboxylic acid groups (broad SMARTS) is 1. The number of nitrogens with one attached hydrogen (secondary N) is 4. The van der Waals surface area contributed by atoms with Gasteiger partial charge in [0, 0.05) is 24.1 Å². The molecule has 208 valence electrons. The van der Waals surface area contributed by atoms with E-state index in [1.807, 2.05) is 0 Å². The minimum absolute atomic E-state index is 0.0290. The Bertz CT molecular complexity index is 1050. The van der Waals surface area contributed by atoms with Crippen molar-refractivity contribution in [2.75, 3.05) is 12.3 Å². The Morgan fingerprint density at radius 1 is 0.947 bits per heavy atom. The van der Waals surface area contributed by atoms with E-state index >= 15 is 0 Å². The van der Waals surface area contributed by atoms with E-state index in [0.717, 1.165) is 0 Å². The molecule has 0 radical (unpaired) electrons. The van der Waals surface area contributed by atoms with E-state index in [9.17, 15) is 29.4 Å². The summed E-state index contributed by atoms with van der Waals surface area (Å²) in [6, 6.07) is 1.80. The van der Waals surface area contributed by atoms with Crippen molar-refractivity contribution >= 4 is 36.3 Å². The molecule has 4 unspecified atom stereocenters. The van der Waals surface area contributed by atoms with Crippen molar-refractivity contribution in [3.8, 4) is 5.75 Å². The van der Waals surface area contributed by atoms with Gasteiger partial charge in [-0.3, -0.25) is 14.4 Å². The average molecular weight is 550 g/mol. The highest BCUT2D eigenvalue weighted by atomic mass is 32.1. The number of hydrogen-bond acceptors (Lipinski definition) is 9. The third kappa shape index (κ3) is 10.0. The predicted molar refractivity (Wildman–Crippen MR) is 142 cm³/mol. The Morgan fingerprint density at radius 2 is 1.58 bits per heavy atom. The lowest BCUT2D eigenvalue weighted by Gasteiger charge is -2.24. The summed E-state index contributed by atoms with van der Waals surface area (Å²) in [4.78, 5) is 57.1. The van der Waals surface area contributed by atoms with Crippen LogP contribution in [0.25, 0.3) is 0 Å². The molecule has 0 bridgehead atoms. The van der Waals surface area contributed by atoms with Crippen molar-refractivity contribution in [1.82, 2.24) is 25.9 Å². The van der Waals surface area contributed by atoms with Gasteiger partial charge in [-0.2, -0.15) is 12.6 Å². The second-order valence-electron chi connectivity index (χ2n) is 8.75. The highest BCUT2D eigenvalue weighted by Crippen LogP contribution is 2.11. The number of hydrogen-bond donors (Lipinski definition) is 9. The van der Waals surface area contributed by atoms with Gasteiger partial charge in [0.05, 0.1) is 12.4 Å². The van der Waals surface area contributed by atoms with E-state index in [1.54, 1.807) is 12.1 Å². The summed E-state index contributed by atoms with van der Waals surface area (Å²) >= 11 is 4.13. The number of carbonyl (C=O) groups is 4. The second-order valence-corrected chi connectivity index (χ2v) is 9.11. The van der Waals surface area contributed by atoms with Gasteiger partial charge in [-0.15, -0.1) is 0 Å². The fourth-order valence-corrected chi connectivity index (χ4v) is 3.83. The van der Waals surface area contributed by atoms with E-state index in [4.69, 9.17) is 11.5 Å². The quantitative estimate of drug-likeness (QED) is 0.0906. The summed E-state index contributed by atoms with van der Waals surface area (Å²) in [5.41, 5.74) is 12.8. The van der Waals surface area contributed by atoms with Gasteiger partial charge in [-0.05, 0) is 49.9 Å². The van der Waals surface area contributed by atoms with Crippen LogP contribution in [0.3, 0.4) is 0 Å². The fraction of sp³-hybridized carbons (Fsp3) is 0.458. The van der Waals surface area contributed by atoms with Gasteiger partial charge in [0.25, 0.3) is 0 Å². The van der Waals surface area contributed by atoms with Crippen LogP contribution in [0, 0.1) is 0 Å². The molecule has 4 atom stereocenters. The number of nitrogens with two attached hydrogens (primary N) is 2. The first-order chi connectivity index (χ1) is 18.1. The Labute approximate surface area is 225 Å². The Hall–Kier alpha value is -3.62. The smallest absolute Gasteiger partial charge is 0.326 e. The highest BCUT2D eigenvalue weighted by molar-refractivity contribution is 7.80. The standard InChI is InChI=1S/C24H35N7O6S/c25-8-2-1-3-18(24(36)37)29-23(35)20(12-38)31-22(34)19(10-15-11-27-13-28-15)30-21(33)17(26)9-14-4-6-16(32)7-5-14/h4-7,11,13,17-20,32,38H,1-3,8-10,12,25-26H2,(H,27,28)(H,29,35)(H,30,33)(H,31,34)(H,36,37). The first-order valence-corrected chi connectivity index (χ1v) is 12.7. The van der Waals surface area contributed by atoms with Gasteiger partial charge in [0.15, 0.2) is 0 Å². The molecule has 0 spiro atoms. The summed E-state index contributed by atoms with van der Waals surface area (Å²) in [7, 11) is 0. The van der Waals surface area contributed by atoms with Crippen LogP contribution in [0.2, 0.25) is 0 Å². The number of aromatic amines is 1. The number of carbonyl (C=O) groups excluding carboxylic acids is 3. The molecule has 14 heteroatoms. The van der Waals surface area contributed by atoms with E-state index < -0.39 is 47.9 Å². The van der Waals surface area contributed by atoms with Crippen molar-refractivity contribution in [3.05, 3.63) is 48.0 Å². The van der Waals surface area contributed by atoms with Crippen molar-refractivity contribution < 1.29 is 29.4 Å². The first kappa shape index (κ1) is 30.6. The lowest BCUT2D eigenvalue weighted by Crippen LogP contribution is -2.58. The van der Waals surface area contributed by atoms with Crippen LogP contribution in [-0.4, -0.2) is 80.3 Å². The number of aromatic nitrogens is 2. The molecule has 0 aliphatic rings. The summed E-state index contributed by atoms with van der Waals surface area (Å²) in [5.74, 6) is -3.24. The predicted octanol–water partition coefficient (Wildman–Crippen LogP) is -1.17. The molecule has 1 aromatic carbocycles. The number of unbranched alkanes of at least 4 members (excludes halogenated alkanes) is 1. The lowest BCUT2D eigenvalue weighted by molar-refractivity contribution is -0.142. The molecular weight excluding hydrogens is 514 g/mol. The SMILES string of the molecule is NCCCCC(NC(=O)C(CS)NC(=O)C(Cc1cnc[nH]1)NC(=O)C(N)Cc1ccc(O)cc1)C(=O)O. The second kappa shape index (κ2) is 15.6. The zero-order valence-electron chi connectivity index (χ0n) is 20.8. The molecule has 0 fully saturated rings. The molecule has 1 heterocycles. The number of carboxylic acids is 1. The van der Waals surface area contributed by atoms with Crippen molar-refractivity contribution in [3.63, 3.8) is 0 Å². The monoisotopic (exact) mass is 549 g/mol. The third-order valence-corrected chi connectivity index (χ3v) is 6.08. The number of aliphatic carboxylic acids is 1. The Morgan fingerprint density at radius 3 is 2.16 bits per heavy atom. The van der Waals surface area contributed by atoms with Crippen LogP contribution in [0.1, 0.15) is 30.5 Å². The van der Waals surface area contributed by atoms with Gasteiger partial charge in [-0.1, -0.05) is 12.1 Å². The number of H-pyrrole nitrogens is 1. The van der Waals surface area contributed by atoms with E-state index in [1.165, 1.54) is 24.7 Å². The van der Waals surface area contributed by atoms with Crippen molar-refractivity contribution in [2.45, 2.75) is 56.3 Å². The minimum Gasteiger partial charge on any atom is -0.508 e. The normalized spacial score (nSPS) is 14.1. The molecule has 0 aliphatic carbocycles. The zero-order valence-corrected chi connectivity index (χ0v) is 21.7. The van der Waals surface area contributed by atoms with Gasteiger partial charge >= 0.3 is 5.97 Å². The molecule has 13 nitrogen and oxygen atoms in total. The Kier molecular flexibility index (Phi) is 12.6. The number of thiol groups is 1. The van der Waals surface area contributed by atoms with Gasteiger partial charge in [0.2, 0.25) is 17.7 Å². The number of phenols is 1. The molecule has 3 amide bonds. The molecule has 10 N–H and O–H groups in total. The maximum Gasteiger partial charge on any atom is 0.326 e. The summed E-state index contributed by atoms with van der Waals surface area (Å²) in [6.07, 6.45) is 4.40. The Balaban J connectivity index is 2.07. The lowest BCUT2D eigenvalue weighted by atomic mass is 10.0. The number of rotatable bonds is 16. The van der Waals surface area contributed by atoms with Crippen LogP contribution in [0.4, 0.5) is 0 Å². The molecular formula is C24H35N7O6S. The highest BCUT2D eigenvalue weighted by Gasteiger charge is 2.30. The van der Waals surface area contributed by atoms with Crippen LogP contribution in [-0.2, 0) is 32.0 Å². The van der Waals surface area contributed by atoms with Crippen LogP contribution in [0.15, 0.2) is 36.8 Å². The maximum atomic E-state index is 13.2. The third-order valence-electron chi connectivity index (χ3n) is 5.72. The minimum atomic E-state index is -1.20. The topological polar surface area (TPSA) is 226 Å². The summed E-state index contributed by atoms with van der Waals surface area (Å²) in [6.45, 7) is 0.400. The molecule has 38 heavy (non-hydrogen) atoms. The zero-order chi connectivity index (χ0) is 28.1. The number of benzene rings is 1. The van der Waals surface area contributed by atoms with Gasteiger partial charge in [-0.25, -0.2) is 9.78 Å². The number of aromatic hydroxyl groups is 1. The molecule has 0 saturated carbocycles.